The molecule has 0 aliphatic heterocycles. The molecule has 1 aliphatic rings. The van der Waals surface area contributed by atoms with Crippen molar-refractivity contribution < 1.29 is 4.79 Å². The SMILES string of the molecule is CC[C@H](N)C(=O)N(Cc1nccn1C)C1CC1. The van der Waals surface area contributed by atoms with Crippen molar-refractivity contribution in [3.8, 4) is 0 Å². The zero-order valence-corrected chi connectivity index (χ0v) is 10.5. The van der Waals surface area contributed by atoms with Crippen molar-refractivity contribution in [1.29, 1.82) is 0 Å². The van der Waals surface area contributed by atoms with Gasteiger partial charge in [-0.25, -0.2) is 4.98 Å². The van der Waals surface area contributed by atoms with E-state index in [1.807, 2.05) is 29.6 Å². The highest BCUT2D eigenvalue weighted by Crippen LogP contribution is 2.28. The van der Waals surface area contributed by atoms with E-state index in [2.05, 4.69) is 4.98 Å². The topological polar surface area (TPSA) is 64.2 Å². The Morgan fingerprint density at radius 1 is 1.71 bits per heavy atom. The highest BCUT2D eigenvalue weighted by molar-refractivity contribution is 5.82. The van der Waals surface area contributed by atoms with Crippen LogP contribution in [-0.2, 0) is 18.4 Å². The first-order chi connectivity index (χ1) is 8.13. The van der Waals surface area contributed by atoms with Gasteiger partial charge >= 0.3 is 0 Å². The van der Waals surface area contributed by atoms with Gasteiger partial charge in [-0.15, -0.1) is 0 Å². The molecule has 2 N–H and O–H groups in total. The lowest BCUT2D eigenvalue weighted by atomic mass is 10.2. The fourth-order valence-corrected chi connectivity index (χ4v) is 1.86. The van der Waals surface area contributed by atoms with Gasteiger partial charge in [0.25, 0.3) is 0 Å². The van der Waals surface area contributed by atoms with Gasteiger partial charge in [-0.05, 0) is 19.3 Å². The number of carbonyl (C=O) groups is 1. The van der Waals surface area contributed by atoms with Crippen LogP contribution < -0.4 is 5.73 Å². The molecule has 1 saturated carbocycles. The summed E-state index contributed by atoms with van der Waals surface area (Å²) in [6, 6.07) is -0.00679. The van der Waals surface area contributed by atoms with Crippen molar-refractivity contribution in [2.45, 2.75) is 44.8 Å². The molecule has 1 heterocycles. The zero-order valence-electron chi connectivity index (χ0n) is 10.5. The summed E-state index contributed by atoms with van der Waals surface area (Å²) in [6.45, 7) is 2.51. The van der Waals surface area contributed by atoms with E-state index in [-0.39, 0.29) is 11.9 Å². The molecule has 1 aliphatic carbocycles. The summed E-state index contributed by atoms with van der Waals surface area (Å²) in [5.74, 6) is 0.964. The molecular formula is C12H20N4O. The van der Waals surface area contributed by atoms with E-state index in [0.717, 1.165) is 18.7 Å². The van der Waals surface area contributed by atoms with Crippen LogP contribution in [0.2, 0.25) is 0 Å². The molecule has 0 aromatic carbocycles. The van der Waals surface area contributed by atoms with Gasteiger partial charge in [-0.3, -0.25) is 4.79 Å². The van der Waals surface area contributed by atoms with Crippen molar-refractivity contribution in [3.05, 3.63) is 18.2 Å². The van der Waals surface area contributed by atoms with E-state index in [1.165, 1.54) is 0 Å². The highest BCUT2D eigenvalue weighted by Gasteiger charge is 2.34. The third kappa shape index (κ3) is 2.66. The monoisotopic (exact) mass is 236 g/mol. The second-order valence-electron chi connectivity index (χ2n) is 4.67. The van der Waals surface area contributed by atoms with Crippen LogP contribution in [0.5, 0.6) is 0 Å². The first-order valence-electron chi connectivity index (χ1n) is 6.15. The maximum absolute atomic E-state index is 12.2. The van der Waals surface area contributed by atoms with Crippen molar-refractivity contribution in [2.75, 3.05) is 0 Å². The van der Waals surface area contributed by atoms with Crippen LogP contribution in [0.4, 0.5) is 0 Å². The molecule has 0 spiro atoms. The molecule has 94 valence electrons. The van der Waals surface area contributed by atoms with Crippen LogP contribution in [0.25, 0.3) is 0 Å². The Morgan fingerprint density at radius 2 is 2.41 bits per heavy atom. The minimum absolute atomic E-state index is 0.0537. The summed E-state index contributed by atoms with van der Waals surface area (Å²) < 4.78 is 1.94. The molecule has 1 aromatic heterocycles. The predicted molar refractivity (Wildman–Crippen MR) is 65.0 cm³/mol. The van der Waals surface area contributed by atoms with Crippen LogP contribution in [0.15, 0.2) is 12.4 Å². The van der Waals surface area contributed by atoms with Crippen molar-refractivity contribution in [1.82, 2.24) is 14.5 Å². The normalized spacial score (nSPS) is 16.9. The number of imidazole rings is 1. The average Bonchev–Trinajstić information content (AvgIpc) is 3.09. The molecule has 0 saturated heterocycles. The molecular weight excluding hydrogens is 216 g/mol. The largest absolute Gasteiger partial charge is 0.337 e. The van der Waals surface area contributed by atoms with Crippen LogP contribution in [-0.4, -0.2) is 32.4 Å². The lowest BCUT2D eigenvalue weighted by molar-refractivity contribution is -0.134. The molecule has 0 radical (unpaired) electrons. The lowest BCUT2D eigenvalue weighted by Gasteiger charge is -2.24. The molecule has 1 amide bonds. The Bertz CT molecular complexity index is 397. The summed E-state index contributed by atoms with van der Waals surface area (Å²) >= 11 is 0. The van der Waals surface area contributed by atoms with Gasteiger partial charge in [0, 0.05) is 25.5 Å². The van der Waals surface area contributed by atoms with Gasteiger partial charge in [-0.2, -0.15) is 0 Å². The summed E-state index contributed by atoms with van der Waals surface area (Å²) in [7, 11) is 1.94. The van der Waals surface area contributed by atoms with E-state index in [1.54, 1.807) is 6.20 Å². The molecule has 0 unspecified atom stereocenters. The Hall–Kier alpha value is -1.36. The first-order valence-corrected chi connectivity index (χ1v) is 6.15. The number of hydrogen-bond acceptors (Lipinski definition) is 3. The van der Waals surface area contributed by atoms with Gasteiger partial charge in [0.05, 0.1) is 12.6 Å². The third-order valence-corrected chi connectivity index (χ3v) is 3.26. The molecule has 1 atom stereocenters. The average molecular weight is 236 g/mol. The highest BCUT2D eigenvalue weighted by atomic mass is 16.2. The van der Waals surface area contributed by atoms with Gasteiger partial charge in [0.15, 0.2) is 0 Å². The number of aryl methyl sites for hydroxylation is 1. The van der Waals surface area contributed by atoms with E-state index in [0.29, 0.717) is 19.0 Å². The maximum atomic E-state index is 12.2. The minimum atomic E-state index is -0.379. The van der Waals surface area contributed by atoms with E-state index in [9.17, 15) is 4.79 Å². The van der Waals surface area contributed by atoms with E-state index >= 15 is 0 Å². The van der Waals surface area contributed by atoms with Gasteiger partial charge in [-0.1, -0.05) is 6.92 Å². The Labute approximate surface area is 102 Å². The zero-order chi connectivity index (χ0) is 12.4. The first kappa shape index (κ1) is 12.1. The van der Waals surface area contributed by atoms with Crippen LogP contribution in [0.1, 0.15) is 32.0 Å². The lowest BCUT2D eigenvalue weighted by Crippen LogP contribution is -2.44. The minimum Gasteiger partial charge on any atom is -0.337 e. The molecule has 5 heteroatoms. The number of hydrogen-bond donors (Lipinski definition) is 1. The summed E-state index contributed by atoms with van der Waals surface area (Å²) in [5, 5.41) is 0. The third-order valence-electron chi connectivity index (χ3n) is 3.26. The quantitative estimate of drug-likeness (QED) is 0.816. The fraction of sp³-hybridized carbons (Fsp3) is 0.667. The number of nitrogens with two attached hydrogens (primary N) is 1. The molecule has 1 fully saturated rings. The summed E-state index contributed by atoms with van der Waals surface area (Å²) in [6.07, 6.45) is 6.51. The fourth-order valence-electron chi connectivity index (χ4n) is 1.86. The standard InChI is InChI=1S/C12H20N4O/c1-3-10(13)12(17)16(9-4-5-9)8-11-14-6-7-15(11)2/h6-7,9-10H,3-5,8,13H2,1-2H3/t10-/m0/s1. The van der Waals surface area contributed by atoms with Crippen LogP contribution in [0.3, 0.4) is 0 Å². The summed E-state index contributed by atoms with van der Waals surface area (Å²) in [5.41, 5.74) is 5.83. The molecule has 17 heavy (non-hydrogen) atoms. The van der Waals surface area contributed by atoms with Crippen molar-refractivity contribution in [2.24, 2.45) is 12.8 Å². The Morgan fingerprint density at radius 3 is 2.88 bits per heavy atom. The van der Waals surface area contributed by atoms with E-state index in [4.69, 9.17) is 5.73 Å². The molecule has 5 nitrogen and oxygen atoms in total. The molecule has 2 rings (SSSR count). The smallest absolute Gasteiger partial charge is 0.240 e. The predicted octanol–water partition coefficient (Wildman–Crippen LogP) is 0.648. The second-order valence-corrected chi connectivity index (χ2v) is 4.67. The molecule has 0 bridgehead atoms. The van der Waals surface area contributed by atoms with Crippen molar-refractivity contribution in [3.63, 3.8) is 0 Å². The van der Waals surface area contributed by atoms with Crippen LogP contribution in [0, 0.1) is 0 Å². The van der Waals surface area contributed by atoms with Gasteiger partial charge < -0.3 is 15.2 Å². The van der Waals surface area contributed by atoms with Crippen LogP contribution >= 0.6 is 0 Å². The number of amides is 1. The van der Waals surface area contributed by atoms with Gasteiger partial charge in [0.2, 0.25) is 5.91 Å². The Kier molecular flexibility index (Phi) is 3.47. The Balaban J connectivity index is 2.08. The van der Waals surface area contributed by atoms with Crippen molar-refractivity contribution >= 4 is 5.91 Å². The number of nitrogens with zero attached hydrogens (tertiary/aromatic N) is 3. The summed E-state index contributed by atoms with van der Waals surface area (Å²) in [4.78, 5) is 18.3. The number of rotatable bonds is 5. The second kappa shape index (κ2) is 4.87. The van der Waals surface area contributed by atoms with E-state index < -0.39 is 0 Å². The number of aromatic nitrogens is 2. The number of carbonyl (C=O) groups excluding carboxylic acids is 1. The molecule has 1 aromatic rings. The maximum Gasteiger partial charge on any atom is 0.240 e. The van der Waals surface area contributed by atoms with Gasteiger partial charge in [0.1, 0.15) is 5.82 Å².